The van der Waals surface area contributed by atoms with Crippen LogP contribution in [0.4, 0.5) is 0 Å². The molecule has 17 nitrogen and oxygen atoms in total. The van der Waals surface area contributed by atoms with Gasteiger partial charge in [-0.1, -0.05) is 0 Å². The van der Waals surface area contributed by atoms with E-state index in [0.29, 0.717) is 0 Å². The van der Waals surface area contributed by atoms with E-state index in [-0.39, 0.29) is 0 Å². The first kappa shape index (κ1) is 30.4. The molecular weight excluding hydrogens is 510 g/mol. The number of nitrogens with one attached hydrogen (secondary N) is 1. The Labute approximate surface area is 210 Å². The Morgan fingerprint density at radius 3 is 1.73 bits per heavy atom. The predicted molar refractivity (Wildman–Crippen MR) is 113 cm³/mol. The van der Waals surface area contributed by atoms with Gasteiger partial charge < -0.3 is 80.1 Å². The first-order valence-electron chi connectivity index (χ1n) is 11.6. The molecule has 0 saturated carbocycles. The lowest BCUT2D eigenvalue weighted by molar-refractivity contribution is -0.365. The van der Waals surface area contributed by atoms with Crippen molar-refractivity contribution in [3.05, 3.63) is 0 Å². The highest BCUT2D eigenvalue weighted by Gasteiger charge is 2.53. The van der Waals surface area contributed by atoms with E-state index in [1.165, 1.54) is 0 Å². The second kappa shape index (κ2) is 12.8. The molecule has 3 fully saturated rings. The van der Waals surface area contributed by atoms with Crippen molar-refractivity contribution >= 4 is 5.91 Å². The van der Waals surface area contributed by atoms with Crippen LogP contribution in [0.15, 0.2) is 0 Å². The number of ether oxygens (including phenoxy) is 5. The van der Waals surface area contributed by atoms with Crippen molar-refractivity contribution in [3.8, 4) is 0 Å². The van der Waals surface area contributed by atoms with Crippen LogP contribution in [0.1, 0.15) is 6.92 Å². The fourth-order valence-electron chi connectivity index (χ4n) is 4.46. The van der Waals surface area contributed by atoms with Crippen molar-refractivity contribution in [2.45, 2.75) is 99.0 Å². The molecule has 3 aliphatic heterocycles. The van der Waals surface area contributed by atoms with Crippen LogP contribution in [-0.4, -0.2) is 169 Å². The van der Waals surface area contributed by atoms with E-state index in [4.69, 9.17) is 23.7 Å². The average molecular weight is 545 g/mol. The summed E-state index contributed by atoms with van der Waals surface area (Å²) in [6, 6.07) is -1.47. The summed E-state index contributed by atoms with van der Waals surface area (Å²) in [4.78, 5) is 11.9. The summed E-state index contributed by atoms with van der Waals surface area (Å²) in [6.45, 7) is -1.23. The van der Waals surface area contributed by atoms with Crippen molar-refractivity contribution in [2.24, 2.45) is 0 Å². The second-order valence-corrected chi connectivity index (χ2v) is 9.07. The molecule has 0 aliphatic carbocycles. The van der Waals surface area contributed by atoms with Gasteiger partial charge in [0, 0.05) is 6.92 Å². The van der Waals surface area contributed by atoms with Crippen LogP contribution < -0.4 is 5.32 Å². The molecule has 15 atom stereocenters. The summed E-state index contributed by atoms with van der Waals surface area (Å²) in [5, 5.41) is 103. The van der Waals surface area contributed by atoms with Gasteiger partial charge >= 0.3 is 0 Å². The summed E-state index contributed by atoms with van der Waals surface area (Å²) in [5.41, 5.74) is 0. The maximum Gasteiger partial charge on any atom is 0.217 e. The molecule has 0 bridgehead atoms. The SMILES string of the molecule is CC(=O)N[C@H]1[C@H](O[C@H]2[C@H](O)[C@H](O)C(O)O[C@@H]2CO)O[C@H](CO)[C@H](O[C@@H]2O[C@H](CO)[C@@H](O)[C@H](O)[C@H]2O)[C@@H]1O. The first-order valence-corrected chi connectivity index (χ1v) is 11.6. The molecule has 216 valence electrons. The van der Waals surface area contributed by atoms with Gasteiger partial charge in [-0.05, 0) is 0 Å². The fraction of sp³-hybridized carbons (Fsp3) is 0.950. The van der Waals surface area contributed by atoms with E-state index in [1.54, 1.807) is 0 Å². The largest absolute Gasteiger partial charge is 0.394 e. The summed E-state index contributed by atoms with van der Waals surface area (Å²) >= 11 is 0. The van der Waals surface area contributed by atoms with Crippen LogP contribution >= 0.6 is 0 Å². The summed E-state index contributed by atoms with van der Waals surface area (Å²) in [5.74, 6) is -0.676. The lowest BCUT2D eigenvalue weighted by Crippen LogP contribution is -2.69. The molecule has 0 spiro atoms. The molecule has 3 saturated heterocycles. The predicted octanol–water partition coefficient (Wildman–Crippen LogP) is -7.43. The lowest BCUT2D eigenvalue weighted by atomic mass is 9.94. The zero-order valence-electron chi connectivity index (χ0n) is 19.7. The van der Waals surface area contributed by atoms with Crippen molar-refractivity contribution in [1.82, 2.24) is 5.32 Å². The molecular formula is C20H35NO16. The van der Waals surface area contributed by atoms with Crippen LogP contribution in [0.5, 0.6) is 0 Å². The van der Waals surface area contributed by atoms with E-state index < -0.39 is 118 Å². The number of carbonyl (C=O) groups is 1. The molecule has 3 rings (SSSR count). The number of rotatable bonds is 8. The second-order valence-electron chi connectivity index (χ2n) is 9.07. The zero-order valence-corrected chi connectivity index (χ0v) is 19.7. The van der Waals surface area contributed by atoms with Gasteiger partial charge in [-0.3, -0.25) is 4.79 Å². The van der Waals surface area contributed by atoms with Crippen LogP contribution in [0, 0.1) is 0 Å². The molecule has 1 unspecified atom stereocenters. The van der Waals surface area contributed by atoms with Crippen LogP contribution in [0.25, 0.3) is 0 Å². The van der Waals surface area contributed by atoms with Gasteiger partial charge in [0.2, 0.25) is 5.91 Å². The Bertz CT molecular complexity index is 743. The molecule has 3 aliphatic rings. The van der Waals surface area contributed by atoms with Gasteiger partial charge in [0.1, 0.15) is 73.2 Å². The lowest BCUT2D eigenvalue weighted by Gasteiger charge is -2.49. The summed E-state index contributed by atoms with van der Waals surface area (Å²) < 4.78 is 27.2. The first-order chi connectivity index (χ1) is 17.4. The van der Waals surface area contributed by atoms with Crippen molar-refractivity contribution in [1.29, 1.82) is 0 Å². The monoisotopic (exact) mass is 545 g/mol. The molecule has 3 heterocycles. The molecule has 37 heavy (non-hydrogen) atoms. The quantitative estimate of drug-likeness (QED) is 0.135. The van der Waals surface area contributed by atoms with Crippen molar-refractivity contribution in [2.75, 3.05) is 19.8 Å². The van der Waals surface area contributed by atoms with Crippen LogP contribution in [0.3, 0.4) is 0 Å². The van der Waals surface area contributed by atoms with Crippen LogP contribution in [0.2, 0.25) is 0 Å². The highest BCUT2D eigenvalue weighted by atomic mass is 16.7. The minimum atomic E-state index is -1.84. The van der Waals surface area contributed by atoms with Gasteiger partial charge in [0.15, 0.2) is 18.9 Å². The van der Waals surface area contributed by atoms with E-state index in [1.807, 2.05) is 0 Å². The number of aliphatic hydroxyl groups excluding tert-OH is 10. The van der Waals surface area contributed by atoms with Gasteiger partial charge in [0.05, 0.1) is 19.8 Å². The highest BCUT2D eigenvalue weighted by Crippen LogP contribution is 2.32. The molecule has 0 aromatic rings. The Balaban J connectivity index is 1.83. The molecule has 17 heteroatoms. The van der Waals surface area contributed by atoms with Gasteiger partial charge in [-0.15, -0.1) is 0 Å². The smallest absolute Gasteiger partial charge is 0.217 e. The molecule has 11 N–H and O–H groups in total. The van der Waals surface area contributed by atoms with Crippen molar-refractivity contribution < 1.29 is 79.5 Å². The number of hydrogen-bond acceptors (Lipinski definition) is 16. The van der Waals surface area contributed by atoms with Crippen LogP contribution in [-0.2, 0) is 28.5 Å². The molecule has 1 amide bonds. The van der Waals surface area contributed by atoms with Crippen molar-refractivity contribution in [3.63, 3.8) is 0 Å². The van der Waals surface area contributed by atoms with Gasteiger partial charge in [-0.2, -0.15) is 0 Å². The maximum atomic E-state index is 11.9. The Morgan fingerprint density at radius 1 is 0.649 bits per heavy atom. The number of aliphatic hydroxyl groups is 10. The standard InChI is InChI=1S/C20H35NO16/c1-5(25)21-9-11(27)16(37-20-15(31)12(28)10(26)6(2-22)34-20)8(4-24)35-19(9)36-17-7(3-23)33-18(32)14(30)13(17)29/h6-20,22-24,26-32H,2-4H2,1H3,(H,21,25)/t6-,7-,8-,9-,10-,11-,12+,13-,14+,15-,16+,17-,18?,19+,20+/m1/s1. The number of hydrogen-bond donors (Lipinski definition) is 11. The molecule has 0 aromatic heterocycles. The third kappa shape index (κ3) is 6.38. The zero-order chi connectivity index (χ0) is 27.6. The average Bonchev–Trinajstić information content (AvgIpc) is 2.87. The number of carbonyl (C=O) groups excluding carboxylic acids is 1. The summed E-state index contributed by atoms with van der Waals surface area (Å²) in [6.07, 6.45) is -23.1. The van der Waals surface area contributed by atoms with E-state index in [2.05, 4.69) is 5.32 Å². The topological polar surface area (TPSA) is 278 Å². The number of amides is 1. The molecule has 0 radical (unpaired) electrons. The highest BCUT2D eigenvalue weighted by molar-refractivity contribution is 5.73. The Morgan fingerprint density at radius 2 is 1.16 bits per heavy atom. The van der Waals surface area contributed by atoms with E-state index in [9.17, 15) is 55.9 Å². The fourth-order valence-corrected chi connectivity index (χ4v) is 4.46. The normalized spacial score (nSPS) is 49.0. The maximum absolute atomic E-state index is 11.9. The Kier molecular flexibility index (Phi) is 10.5. The van der Waals surface area contributed by atoms with Gasteiger partial charge in [-0.25, -0.2) is 0 Å². The summed E-state index contributed by atoms with van der Waals surface area (Å²) in [7, 11) is 0. The third-order valence-electron chi connectivity index (χ3n) is 6.49. The minimum Gasteiger partial charge on any atom is -0.394 e. The minimum absolute atomic E-state index is 0.676. The van der Waals surface area contributed by atoms with Gasteiger partial charge in [0.25, 0.3) is 0 Å². The van der Waals surface area contributed by atoms with E-state index >= 15 is 0 Å². The Hall–Kier alpha value is -1.13. The van der Waals surface area contributed by atoms with E-state index in [0.717, 1.165) is 6.92 Å². The third-order valence-corrected chi connectivity index (χ3v) is 6.49. The molecule has 0 aromatic carbocycles.